The Labute approximate surface area is 193 Å². The second-order valence-corrected chi connectivity index (χ2v) is 11.0. The number of sulfone groups is 1. The Morgan fingerprint density at radius 2 is 1.91 bits per heavy atom. The van der Waals surface area contributed by atoms with Crippen molar-refractivity contribution in [2.45, 2.75) is 50.2 Å². The van der Waals surface area contributed by atoms with E-state index in [1.807, 2.05) is 6.08 Å². The summed E-state index contributed by atoms with van der Waals surface area (Å²) in [6, 6.07) is 6.31. The molecule has 0 bridgehead atoms. The zero-order valence-corrected chi connectivity index (χ0v) is 19.5. The van der Waals surface area contributed by atoms with Crippen molar-refractivity contribution in [2.24, 2.45) is 4.99 Å². The molecule has 32 heavy (non-hydrogen) atoms. The van der Waals surface area contributed by atoms with Gasteiger partial charge in [0.1, 0.15) is 17.9 Å². The predicted molar refractivity (Wildman–Crippen MR) is 124 cm³/mol. The zero-order chi connectivity index (χ0) is 22.9. The molecule has 1 heterocycles. The number of hydrogen-bond acceptors (Lipinski definition) is 5. The van der Waals surface area contributed by atoms with Gasteiger partial charge >= 0.3 is 0 Å². The fourth-order valence-corrected chi connectivity index (χ4v) is 5.78. The lowest BCUT2D eigenvalue weighted by molar-refractivity contribution is -0.136. The minimum absolute atomic E-state index is 0.170. The molecule has 1 aromatic carbocycles. The van der Waals surface area contributed by atoms with Gasteiger partial charge in [-0.3, -0.25) is 14.6 Å². The van der Waals surface area contributed by atoms with E-state index in [0.717, 1.165) is 25.5 Å². The Hall–Kier alpha value is -2.45. The third-order valence-corrected chi connectivity index (χ3v) is 7.75. The van der Waals surface area contributed by atoms with E-state index in [1.54, 1.807) is 35.2 Å². The van der Waals surface area contributed by atoms with Crippen LogP contribution in [0.2, 0.25) is 5.02 Å². The van der Waals surface area contributed by atoms with E-state index in [9.17, 15) is 18.0 Å². The number of nitrogens with zero attached hydrogens (tertiary/aromatic N) is 2. The Bertz CT molecular complexity index is 1120. The maximum absolute atomic E-state index is 13.4. The van der Waals surface area contributed by atoms with Crippen LogP contribution in [0.5, 0.6) is 0 Å². The second-order valence-electron chi connectivity index (χ2n) is 8.53. The highest BCUT2D eigenvalue weighted by Gasteiger charge is 2.48. The van der Waals surface area contributed by atoms with E-state index >= 15 is 0 Å². The van der Waals surface area contributed by atoms with Gasteiger partial charge in [-0.05, 0) is 50.3 Å². The number of allylic oxidation sites excluding steroid dienone is 2. The van der Waals surface area contributed by atoms with Crippen LogP contribution in [-0.4, -0.2) is 55.3 Å². The first kappa shape index (κ1) is 22.7. The van der Waals surface area contributed by atoms with Crippen LogP contribution >= 0.6 is 11.6 Å². The monoisotopic (exact) mass is 475 g/mol. The summed E-state index contributed by atoms with van der Waals surface area (Å²) in [6.45, 7) is -0.170. The van der Waals surface area contributed by atoms with Crippen LogP contribution < -0.4 is 5.32 Å². The number of aliphatic imine (C=N–C) groups is 1. The summed E-state index contributed by atoms with van der Waals surface area (Å²) in [5.74, 6) is -0.683. The largest absolute Gasteiger partial charge is 0.347 e. The van der Waals surface area contributed by atoms with Gasteiger partial charge in [0.2, 0.25) is 5.91 Å². The molecular weight excluding hydrogens is 450 g/mol. The van der Waals surface area contributed by atoms with Gasteiger partial charge < -0.3 is 10.2 Å². The Kier molecular flexibility index (Phi) is 6.27. The van der Waals surface area contributed by atoms with Crippen LogP contribution in [0, 0.1) is 0 Å². The van der Waals surface area contributed by atoms with Gasteiger partial charge in [0, 0.05) is 16.8 Å². The molecule has 0 aromatic heterocycles. The molecule has 2 amide bonds. The van der Waals surface area contributed by atoms with Crippen molar-refractivity contribution in [3.8, 4) is 0 Å². The van der Waals surface area contributed by atoms with Crippen LogP contribution in [0.25, 0.3) is 0 Å². The molecule has 3 aliphatic rings. The number of benzene rings is 1. The molecule has 1 N–H and O–H groups in total. The van der Waals surface area contributed by atoms with Gasteiger partial charge in [-0.2, -0.15) is 0 Å². The molecule has 4 rings (SSSR count). The van der Waals surface area contributed by atoms with Gasteiger partial charge in [0.05, 0.1) is 10.9 Å². The van der Waals surface area contributed by atoms with Crippen LogP contribution in [0.1, 0.15) is 44.1 Å². The van der Waals surface area contributed by atoms with E-state index in [1.165, 1.54) is 6.08 Å². The molecule has 1 unspecified atom stereocenters. The molecule has 0 saturated heterocycles. The summed E-state index contributed by atoms with van der Waals surface area (Å²) in [5, 5.41) is 3.38. The van der Waals surface area contributed by atoms with Gasteiger partial charge in [0.25, 0.3) is 5.91 Å². The molecule has 1 aromatic rings. The van der Waals surface area contributed by atoms with Crippen molar-refractivity contribution in [1.29, 1.82) is 0 Å². The average Bonchev–Trinajstić information content (AvgIpc) is 3.00. The fraction of sp³-hybridized carbons (Fsp3) is 0.435. The number of amides is 2. The van der Waals surface area contributed by atoms with Crippen LogP contribution in [0.15, 0.2) is 52.4 Å². The van der Waals surface area contributed by atoms with Crippen LogP contribution in [0.3, 0.4) is 0 Å². The maximum Gasteiger partial charge on any atom is 0.275 e. The molecule has 1 aliphatic heterocycles. The van der Waals surface area contributed by atoms with E-state index in [4.69, 9.17) is 16.6 Å². The van der Waals surface area contributed by atoms with Crippen LogP contribution in [-0.2, 0) is 19.4 Å². The number of halogens is 1. The molecular formula is C23H26ClN3O4S. The Morgan fingerprint density at radius 3 is 2.56 bits per heavy atom. The number of rotatable bonds is 5. The smallest absolute Gasteiger partial charge is 0.275 e. The first-order valence-corrected chi connectivity index (χ1v) is 13.0. The third kappa shape index (κ3) is 4.52. The lowest BCUT2D eigenvalue weighted by Crippen LogP contribution is -2.53. The summed E-state index contributed by atoms with van der Waals surface area (Å²) in [7, 11) is -3.45. The Balaban J connectivity index is 1.56. The molecule has 1 saturated carbocycles. The summed E-state index contributed by atoms with van der Waals surface area (Å²) >= 11 is 5.99. The van der Waals surface area contributed by atoms with E-state index in [2.05, 4.69) is 5.32 Å². The minimum atomic E-state index is -3.45. The fourth-order valence-electron chi connectivity index (χ4n) is 4.65. The van der Waals surface area contributed by atoms with Gasteiger partial charge in [0.15, 0.2) is 9.84 Å². The van der Waals surface area contributed by atoms with Crippen molar-refractivity contribution >= 4 is 39.0 Å². The molecule has 1 fully saturated rings. The summed E-state index contributed by atoms with van der Waals surface area (Å²) in [5.41, 5.74) is 0.282. The highest BCUT2D eigenvalue weighted by Crippen LogP contribution is 2.39. The average molecular weight is 476 g/mol. The first-order chi connectivity index (χ1) is 15.2. The molecule has 170 valence electrons. The zero-order valence-electron chi connectivity index (χ0n) is 17.9. The summed E-state index contributed by atoms with van der Waals surface area (Å²) < 4.78 is 24.2. The predicted octanol–water partition coefficient (Wildman–Crippen LogP) is 3.00. The normalized spacial score (nSPS) is 22.6. The maximum atomic E-state index is 13.4. The Morgan fingerprint density at radius 1 is 1.22 bits per heavy atom. The van der Waals surface area contributed by atoms with Crippen molar-refractivity contribution in [2.75, 3.05) is 12.8 Å². The van der Waals surface area contributed by atoms with E-state index in [0.29, 0.717) is 35.6 Å². The molecule has 1 atom stereocenters. The SMILES string of the molecule is CS(=O)(=O)C1=CC=CCC1NC(=O)CN1C(=O)C(c2ccc(Cl)cc2)=NC12CCCCC2. The number of hydrogen-bond donors (Lipinski definition) is 1. The second kappa shape index (κ2) is 8.83. The van der Waals surface area contributed by atoms with Crippen molar-refractivity contribution in [3.05, 3.63) is 58.0 Å². The number of carbonyl (C=O) groups excluding carboxylic acids is 2. The van der Waals surface area contributed by atoms with Gasteiger partial charge in [-0.25, -0.2) is 8.42 Å². The topological polar surface area (TPSA) is 95.9 Å². The summed E-state index contributed by atoms with van der Waals surface area (Å²) in [4.78, 5) is 32.9. The lowest BCUT2D eigenvalue weighted by atomic mass is 9.88. The van der Waals surface area contributed by atoms with Crippen molar-refractivity contribution in [1.82, 2.24) is 10.2 Å². The number of carbonyl (C=O) groups is 2. The standard InChI is InChI=1S/C23H26ClN3O4S/c1-32(30,31)19-8-4-3-7-18(19)25-20(28)15-27-22(29)21(16-9-11-17(24)12-10-16)26-23(27)13-5-2-6-14-23/h3-4,8-12,18H,2,5-7,13-15H2,1H3,(H,25,28). The quantitative estimate of drug-likeness (QED) is 0.708. The van der Waals surface area contributed by atoms with E-state index in [-0.39, 0.29) is 17.4 Å². The lowest BCUT2D eigenvalue weighted by Gasteiger charge is -2.39. The molecule has 9 heteroatoms. The highest BCUT2D eigenvalue weighted by molar-refractivity contribution is 7.94. The third-order valence-electron chi connectivity index (χ3n) is 6.22. The molecule has 7 nitrogen and oxygen atoms in total. The number of nitrogens with one attached hydrogen (secondary N) is 1. The summed E-state index contributed by atoms with van der Waals surface area (Å²) in [6.07, 6.45) is 10.8. The van der Waals surface area contributed by atoms with Crippen molar-refractivity contribution in [3.63, 3.8) is 0 Å². The minimum Gasteiger partial charge on any atom is -0.347 e. The van der Waals surface area contributed by atoms with Crippen molar-refractivity contribution < 1.29 is 18.0 Å². The van der Waals surface area contributed by atoms with Gasteiger partial charge in [-0.1, -0.05) is 42.3 Å². The molecule has 0 radical (unpaired) electrons. The van der Waals surface area contributed by atoms with Crippen LogP contribution in [0.4, 0.5) is 0 Å². The molecule has 1 spiro atoms. The highest BCUT2D eigenvalue weighted by atomic mass is 35.5. The van der Waals surface area contributed by atoms with E-state index < -0.39 is 27.4 Å². The van der Waals surface area contributed by atoms with Gasteiger partial charge in [-0.15, -0.1) is 0 Å². The first-order valence-electron chi connectivity index (χ1n) is 10.7. The molecule has 2 aliphatic carbocycles.